The Bertz CT molecular complexity index is 334. The van der Waals surface area contributed by atoms with E-state index in [9.17, 15) is 0 Å². The quantitative estimate of drug-likeness (QED) is 0.824. The van der Waals surface area contributed by atoms with E-state index in [2.05, 4.69) is 32.9 Å². The van der Waals surface area contributed by atoms with Crippen LogP contribution in [-0.2, 0) is 0 Å². The smallest absolute Gasteiger partial charge is 0.125 e. The van der Waals surface area contributed by atoms with Crippen molar-refractivity contribution in [2.45, 2.75) is 33.1 Å². The largest absolute Gasteiger partial charge is 0.496 e. The maximum Gasteiger partial charge on any atom is 0.125 e. The molecule has 2 heteroatoms. The minimum absolute atomic E-state index is 0.462. The van der Waals surface area contributed by atoms with Crippen molar-refractivity contribution >= 4 is 0 Å². The molecule has 1 aromatic rings. The maximum absolute atomic E-state index is 5.59. The number of aryl methyl sites for hydroxylation is 1. The molecule has 1 unspecified atom stereocenters. The van der Waals surface area contributed by atoms with Gasteiger partial charge >= 0.3 is 0 Å². The van der Waals surface area contributed by atoms with Crippen LogP contribution in [0.5, 0.6) is 5.75 Å². The average molecular weight is 207 g/mol. The Morgan fingerprint density at radius 1 is 1.33 bits per heavy atom. The van der Waals surface area contributed by atoms with E-state index in [1.807, 2.05) is 0 Å². The van der Waals surface area contributed by atoms with Gasteiger partial charge in [-0.1, -0.05) is 19.1 Å². The second-order valence-electron chi connectivity index (χ2n) is 4.11. The number of rotatable bonds is 4. The summed E-state index contributed by atoms with van der Waals surface area (Å²) in [6.07, 6.45) is 0.999. The summed E-state index contributed by atoms with van der Waals surface area (Å²) in [4.78, 5) is 0. The highest BCUT2D eigenvalue weighted by Gasteiger charge is 2.13. The molecule has 0 heterocycles. The Labute approximate surface area is 92.4 Å². The normalized spacial score (nSPS) is 12.6. The van der Waals surface area contributed by atoms with Crippen LogP contribution in [0.1, 0.15) is 36.0 Å². The summed E-state index contributed by atoms with van der Waals surface area (Å²) in [6, 6.07) is 4.31. The zero-order chi connectivity index (χ0) is 11.4. The third-order valence-corrected chi connectivity index (χ3v) is 3.04. The van der Waals surface area contributed by atoms with Crippen molar-refractivity contribution in [1.29, 1.82) is 0 Å². The first-order chi connectivity index (χ1) is 7.11. The van der Waals surface area contributed by atoms with E-state index in [0.717, 1.165) is 18.7 Å². The third kappa shape index (κ3) is 2.51. The lowest BCUT2D eigenvalue weighted by Crippen LogP contribution is -2.06. The molecule has 2 N–H and O–H groups in total. The number of methoxy groups -OCH3 is 1. The van der Waals surface area contributed by atoms with Crippen molar-refractivity contribution in [2.75, 3.05) is 13.7 Å². The van der Waals surface area contributed by atoms with Gasteiger partial charge in [-0.05, 0) is 49.4 Å². The number of hydrogen-bond acceptors (Lipinski definition) is 2. The first-order valence-corrected chi connectivity index (χ1v) is 5.46. The molecule has 1 aromatic carbocycles. The lowest BCUT2D eigenvalue weighted by atomic mass is 9.93. The SMILES string of the molecule is COc1c(C(C)CCN)ccc(C)c1C. The van der Waals surface area contributed by atoms with Crippen LogP contribution >= 0.6 is 0 Å². The summed E-state index contributed by atoms with van der Waals surface area (Å²) in [5.74, 6) is 1.49. The van der Waals surface area contributed by atoms with E-state index in [-0.39, 0.29) is 0 Å². The molecule has 1 atom stereocenters. The van der Waals surface area contributed by atoms with Gasteiger partial charge in [0.05, 0.1) is 7.11 Å². The van der Waals surface area contributed by atoms with Crippen LogP contribution in [0.4, 0.5) is 0 Å². The summed E-state index contributed by atoms with van der Waals surface area (Å²) < 4.78 is 5.48. The van der Waals surface area contributed by atoms with Gasteiger partial charge in [0.1, 0.15) is 5.75 Å². The zero-order valence-electron chi connectivity index (χ0n) is 10.1. The summed E-state index contributed by atoms with van der Waals surface area (Å²) in [5, 5.41) is 0. The van der Waals surface area contributed by atoms with Crippen LogP contribution in [0.2, 0.25) is 0 Å². The standard InChI is InChI=1S/C13H21NO/c1-9-5-6-12(10(2)7-8-14)13(15-4)11(9)3/h5-6,10H,7-8,14H2,1-4H3. The maximum atomic E-state index is 5.59. The molecule has 0 amide bonds. The van der Waals surface area contributed by atoms with Gasteiger partial charge in [0.2, 0.25) is 0 Å². The molecule has 84 valence electrons. The lowest BCUT2D eigenvalue weighted by Gasteiger charge is -2.18. The predicted molar refractivity (Wildman–Crippen MR) is 64.6 cm³/mol. The minimum atomic E-state index is 0.462. The molecule has 0 aliphatic carbocycles. The monoisotopic (exact) mass is 207 g/mol. The second kappa shape index (κ2) is 5.17. The van der Waals surface area contributed by atoms with Crippen LogP contribution in [0, 0.1) is 13.8 Å². The number of benzene rings is 1. The minimum Gasteiger partial charge on any atom is -0.496 e. The Balaban J connectivity index is 3.12. The van der Waals surface area contributed by atoms with Crippen molar-refractivity contribution in [2.24, 2.45) is 5.73 Å². The van der Waals surface area contributed by atoms with E-state index in [1.165, 1.54) is 16.7 Å². The van der Waals surface area contributed by atoms with E-state index in [0.29, 0.717) is 5.92 Å². The highest BCUT2D eigenvalue weighted by atomic mass is 16.5. The van der Waals surface area contributed by atoms with Gasteiger partial charge in [-0.25, -0.2) is 0 Å². The summed E-state index contributed by atoms with van der Waals surface area (Å²) >= 11 is 0. The molecule has 0 aliphatic heterocycles. The van der Waals surface area contributed by atoms with Crippen LogP contribution in [0.15, 0.2) is 12.1 Å². The van der Waals surface area contributed by atoms with E-state index in [4.69, 9.17) is 10.5 Å². The first kappa shape index (κ1) is 12.1. The molecule has 0 spiro atoms. The van der Waals surface area contributed by atoms with Crippen molar-refractivity contribution in [3.8, 4) is 5.75 Å². The van der Waals surface area contributed by atoms with E-state index >= 15 is 0 Å². The Hall–Kier alpha value is -1.02. The topological polar surface area (TPSA) is 35.2 Å². The highest BCUT2D eigenvalue weighted by Crippen LogP contribution is 2.32. The summed E-state index contributed by atoms with van der Waals surface area (Å²) in [7, 11) is 1.74. The molecular formula is C13H21NO. The van der Waals surface area contributed by atoms with Crippen LogP contribution in [-0.4, -0.2) is 13.7 Å². The second-order valence-corrected chi connectivity index (χ2v) is 4.11. The number of nitrogens with two attached hydrogens (primary N) is 1. The molecule has 0 saturated heterocycles. The van der Waals surface area contributed by atoms with Gasteiger partial charge in [0.25, 0.3) is 0 Å². The predicted octanol–water partition coefficient (Wildman–Crippen LogP) is 2.76. The summed E-state index contributed by atoms with van der Waals surface area (Å²) in [5.41, 5.74) is 9.36. The fourth-order valence-corrected chi connectivity index (χ4v) is 1.88. The molecule has 2 nitrogen and oxygen atoms in total. The molecule has 0 bridgehead atoms. The Kier molecular flexibility index (Phi) is 4.15. The first-order valence-electron chi connectivity index (χ1n) is 5.46. The highest BCUT2D eigenvalue weighted by molar-refractivity contribution is 5.46. The molecule has 0 aromatic heterocycles. The van der Waals surface area contributed by atoms with Gasteiger partial charge in [0.15, 0.2) is 0 Å². The fourth-order valence-electron chi connectivity index (χ4n) is 1.88. The fraction of sp³-hybridized carbons (Fsp3) is 0.538. The van der Waals surface area contributed by atoms with Gasteiger partial charge in [-0.3, -0.25) is 0 Å². The Morgan fingerprint density at radius 3 is 2.53 bits per heavy atom. The lowest BCUT2D eigenvalue weighted by molar-refractivity contribution is 0.402. The van der Waals surface area contributed by atoms with Crippen molar-refractivity contribution in [3.63, 3.8) is 0 Å². The van der Waals surface area contributed by atoms with Crippen molar-refractivity contribution in [3.05, 3.63) is 28.8 Å². The molecule has 0 fully saturated rings. The molecule has 0 radical (unpaired) electrons. The van der Waals surface area contributed by atoms with Crippen LogP contribution in [0.3, 0.4) is 0 Å². The summed E-state index contributed by atoms with van der Waals surface area (Å²) in [6.45, 7) is 7.12. The number of ether oxygens (including phenoxy) is 1. The molecule has 1 rings (SSSR count). The van der Waals surface area contributed by atoms with E-state index < -0.39 is 0 Å². The molecule has 0 saturated carbocycles. The molecule has 0 aliphatic rings. The van der Waals surface area contributed by atoms with Gasteiger partial charge in [-0.2, -0.15) is 0 Å². The van der Waals surface area contributed by atoms with Gasteiger partial charge in [-0.15, -0.1) is 0 Å². The Morgan fingerprint density at radius 2 is 2.00 bits per heavy atom. The van der Waals surface area contributed by atoms with Crippen LogP contribution < -0.4 is 10.5 Å². The zero-order valence-corrected chi connectivity index (χ0v) is 10.1. The van der Waals surface area contributed by atoms with E-state index in [1.54, 1.807) is 7.11 Å². The number of hydrogen-bond donors (Lipinski definition) is 1. The third-order valence-electron chi connectivity index (χ3n) is 3.04. The van der Waals surface area contributed by atoms with Crippen molar-refractivity contribution in [1.82, 2.24) is 0 Å². The van der Waals surface area contributed by atoms with Crippen molar-refractivity contribution < 1.29 is 4.74 Å². The van der Waals surface area contributed by atoms with Gasteiger partial charge in [0, 0.05) is 0 Å². The molecule has 15 heavy (non-hydrogen) atoms. The average Bonchev–Trinajstić information content (AvgIpc) is 2.22. The van der Waals surface area contributed by atoms with Crippen LogP contribution in [0.25, 0.3) is 0 Å². The molecular weight excluding hydrogens is 186 g/mol. The van der Waals surface area contributed by atoms with Gasteiger partial charge < -0.3 is 10.5 Å².